The summed E-state index contributed by atoms with van der Waals surface area (Å²) >= 11 is 0. The second kappa shape index (κ2) is 6.94. The third kappa shape index (κ3) is 7.37. The lowest BCUT2D eigenvalue weighted by atomic mass is 10.2. The normalized spacial score (nSPS) is 11.8. The zero-order valence-electron chi connectivity index (χ0n) is 8.35. The monoisotopic (exact) mass is 165 g/mol. The summed E-state index contributed by atoms with van der Waals surface area (Å²) in [4.78, 5) is 0. The van der Waals surface area contributed by atoms with Crippen LogP contribution in [0.25, 0.3) is 0 Å². The minimum absolute atomic E-state index is 0.725. The molecule has 12 heavy (non-hydrogen) atoms. The Balaban J connectivity index is 3.28. The molecule has 0 heterocycles. The molecule has 0 aliphatic rings. The summed E-state index contributed by atoms with van der Waals surface area (Å²) in [6.45, 7) is 8.48. The largest absolute Gasteiger partial charge is 0.316 e. The Bertz CT molecular complexity index is 172. The van der Waals surface area contributed by atoms with E-state index in [1.807, 2.05) is 6.92 Å². The number of hydrogen-bond acceptors (Lipinski definition) is 1. The van der Waals surface area contributed by atoms with Gasteiger partial charge in [0.1, 0.15) is 0 Å². The van der Waals surface area contributed by atoms with Crippen LogP contribution in [0.4, 0.5) is 0 Å². The fourth-order valence-corrected chi connectivity index (χ4v) is 0.840. The Morgan fingerprint density at radius 2 is 2.25 bits per heavy atom. The summed E-state index contributed by atoms with van der Waals surface area (Å²) in [5.41, 5.74) is 1.03. The molecule has 0 aromatic heterocycles. The number of terminal acetylenes is 1. The van der Waals surface area contributed by atoms with Crippen molar-refractivity contribution in [2.75, 3.05) is 13.1 Å². The zero-order chi connectivity index (χ0) is 9.40. The van der Waals surface area contributed by atoms with Crippen LogP contribution in [0.3, 0.4) is 0 Å². The first kappa shape index (κ1) is 11.3. The smallest absolute Gasteiger partial charge is 0.00137 e. The second-order valence-electron chi connectivity index (χ2n) is 3.42. The summed E-state index contributed by atoms with van der Waals surface area (Å²) < 4.78 is 0. The average Bonchev–Trinajstić information content (AvgIpc) is 2.03. The standard InChI is InChI=1S/C11H19N/c1-5-11(4)7-6-8-12-9-10(2)3/h1,7,10,12H,6,8-9H2,2-4H3. The topological polar surface area (TPSA) is 12.0 Å². The second-order valence-corrected chi connectivity index (χ2v) is 3.42. The predicted molar refractivity (Wildman–Crippen MR) is 54.9 cm³/mol. The third-order valence-electron chi connectivity index (χ3n) is 1.55. The van der Waals surface area contributed by atoms with E-state index in [0.717, 1.165) is 31.0 Å². The van der Waals surface area contributed by atoms with Crippen molar-refractivity contribution in [3.05, 3.63) is 11.6 Å². The number of nitrogens with one attached hydrogen (secondary N) is 1. The van der Waals surface area contributed by atoms with Crippen LogP contribution >= 0.6 is 0 Å². The van der Waals surface area contributed by atoms with Crippen LogP contribution in [-0.4, -0.2) is 13.1 Å². The van der Waals surface area contributed by atoms with E-state index < -0.39 is 0 Å². The highest BCUT2D eigenvalue weighted by molar-refractivity contribution is 5.22. The van der Waals surface area contributed by atoms with Gasteiger partial charge in [0.25, 0.3) is 0 Å². The predicted octanol–water partition coefficient (Wildman–Crippen LogP) is 2.20. The SMILES string of the molecule is C#CC(C)=CCCNCC(C)C. The van der Waals surface area contributed by atoms with Gasteiger partial charge in [0, 0.05) is 0 Å². The lowest BCUT2D eigenvalue weighted by molar-refractivity contribution is 0.556. The molecule has 0 aromatic carbocycles. The Labute approximate surface area is 76.2 Å². The van der Waals surface area contributed by atoms with E-state index in [2.05, 4.69) is 31.2 Å². The summed E-state index contributed by atoms with van der Waals surface area (Å²) in [6, 6.07) is 0. The first-order valence-electron chi connectivity index (χ1n) is 4.51. The molecular weight excluding hydrogens is 146 g/mol. The van der Waals surface area contributed by atoms with Gasteiger partial charge >= 0.3 is 0 Å². The van der Waals surface area contributed by atoms with Gasteiger partial charge in [0.2, 0.25) is 0 Å². The maximum Gasteiger partial charge on any atom is -0.00137 e. The minimum atomic E-state index is 0.725. The molecule has 0 aliphatic heterocycles. The zero-order valence-corrected chi connectivity index (χ0v) is 8.35. The third-order valence-corrected chi connectivity index (χ3v) is 1.55. The van der Waals surface area contributed by atoms with Gasteiger partial charge < -0.3 is 5.32 Å². The lowest BCUT2D eigenvalue weighted by Crippen LogP contribution is -2.20. The van der Waals surface area contributed by atoms with Gasteiger partial charge in [-0.25, -0.2) is 0 Å². The van der Waals surface area contributed by atoms with Crippen LogP contribution in [0, 0.1) is 18.3 Å². The van der Waals surface area contributed by atoms with Crippen LogP contribution in [0.2, 0.25) is 0 Å². The summed E-state index contributed by atoms with van der Waals surface area (Å²) in [6.07, 6.45) is 8.32. The van der Waals surface area contributed by atoms with Crippen LogP contribution in [0.15, 0.2) is 11.6 Å². The van der Waals surface area contributed by atoms with Gasteiger partial charge in [-0.1, -0.05) is 25.8 Å². The van der Waals surface area contributed by atoms with Crippen molar-refractivity contribution >= 4 is 0 Å². The molecule has 1 nitrogen and oxygen atoms in total. The molecule has 0 saturated carbocycles. The van der Waals surface area contributed by atoms with Gasteiger partial charge in [0.05, 0.1) is 0 Å². The molecule has 0 fully saturated rings. The number of rotatable bonds is 5. The molecule has 0 saturated heterocycles. The van der Waals surface area contributed by atoms with E-state index in [-0.39, 0.29) is 0 Å². The maximum absolute atomic E-state index is 5.20. The van der Waals surface area contributed by atoms with Crippen LogP contribution < -0.4 is 5.32 Å². The molecule has 1 N–H and O–H groups in total. The maximum atomic E-state index is 5.20. The highest BCUT2D eigenvalue weighted by atomic mass is 14.8. The van der Waals surface area contributed by atoms with Gasteiger partial charge in [-0.2, -0.15) is 0 Å². The molecule has 0 rings (SSSR count). The van der Waals surface area contributed by atoms with Crippen molar-refractivity contribution in [1.29, 1.82) is 0 Å². The van der Waals surface area contributed by atoms with E-state index in [1.54, 1.807) is 0 Å². The first-order chi connectivity index (χ1) is 5.66. The molecule has 0 unspecified atom stereocenters. The molecule has 0 atom stereocenters. The van der Waals surface area contributed by atoms with Gasteiger partial charge in [-0.3, -0.25) is 0 Å². The van der Waals surface area contributed by atoms with Crippen molar-refractivity contribution < 1.29 is 0 Å². The van der Waals surface area contributed by atoms with Gasteiger partial charge in [-0.05, 0) is 37.9 Å². The molecule has 68 valence electrons. The van der Waals surface area contributed by atoms with Crippen molar-refractivity contribution in [2.45, 2.75) is 27.2 Å². The lowest BCUT2D eigenvalue weighted by Gasteiger charge is -2.04. The Kier molecular flexibility index (Phi) is 6.51. The summed E-state index contributed by atoms with van der Waals surface area (Å²) in [5.74, 6) is 3.32. The molecule has 0 bridgehead atoms. The van der Waals surface area contributed by atoms with Crippen LogP contribution in [0.1, 0.15) is 27.2 Å². The molecule has 0 spiro atoms. The van der Waals surface area contributed by atoms with Crippen molar-refractivity contribution in [1.82, 2.24) is 5.32 Å². The fraction of sp³-hybridized carbons (Fsp3) is 0.636. The van der Waals surface area contributed by atoms with E-state index >= 15 is 0 Å². The summed E-state index contributed by atoms with van der Waals surface area (Å²) in [5, 5.41) is 3.35. The van der Waals surface area contributed by atoms with E-state index in [1.165, 1.54) is 0 Å². The fourth-order valence-electron chi connectivity index (χ4n) is 0.840. The van der Waals surface area contributed by atoms with E-state index in [4.69, 9.17) is 6.42 Å². The highest BCUT2D eigenvalue weighted by Crippen LogP contribution is 1.92. The van der Waals surface area contributed by atoms with E-state index in [9.17, 15) is 0 Å². The molecule has 0 aliphatic carbocycles. The molecule has 0 radical (unpaired) electrons. The first-order valence-corrected chi connectivity index (χ1v) is 4.51. The molecule has 0 amide bonds. The van der Waals surface area contributed by atoms with E-state index in [0.29, 0.717) is 0 Å². The minimum Gasteiger partial charge on any atom is -0.316 e. The van der Waals surface area contributed by atoms with Crippen molar-refractivity contribution in [2.24, 2.45) is 5.92 Å². The molecule has 0 aromatic rings. The molecular formula is C11H19N. The van der Waals surface area contributed by atoms with Crippen molar-refractivity contribution in [3.63, 3.8) is 0 Å². The molecule has 1 heteroatoms. The Hall–Kier alpha value is -0.740. The highest BCUT2D eigenvalue weighted by Gasteiger charge is 1.90. The van der Waals surface area contributed by atoms with Crippen LogP contribution in [0.5, 0.6) is 0 Å². The van der Waals surface area contributed by atoms with Crippen molar-refractivity contribution in [3.8, 4) is 12.3 Å². The Morgan fingerprint density at radius 3 is 2.75 bits per heavy atom. The summed E-state index contributed by atoms with van der Waals surface area (Å²) in [7, 11) is 0. The van der Waals surface area contributed by atoms with Gasteiger partial charge in [0.15, 0.2) is 0 Å². The quantitative estimate of drug-likeness (QED) is 0.486. The van der Waals surface area contributed by atoms with Crippen LogP contribution in [-0.2, 0) is 0 Å². The Morgan fingerprint density at radius 1 is 1.58 bits per heavy atom. The average molecular weight is 165 g/mol. The number of allylic oxidation sites excluding steroid dienone is 1. The number of hydrogen-bond donors (Lipinski definition) is 1. The van der Waals surface area contributed by atoms with Gasteiger partial charge in [-0.15, -0.1) is 6.42 Å².